The lowest BCUT2D eigenvalue weighted by atomic mass is 9.94. The van der Waals surface area contributed by atoms with Crippen molar-refractivity contribution >= 4 is 0 Å². The maximum absolute atomic E-state index is 14.3. The first kappa shape index (κ1) is 14.3. The molecule has 22 heavy (non-hydrogen) atoms. The predicted molar refractivity (Wildman–Crippen MR) is 83.8 cm³/mol. The molecule has 0 fully saturated rings. The van der Waals surface area contributed by atoms with E-state index in [1.807, 2.05) is 30.3 Å². The lowest BCUT2D eigenvalue weighted by Gasteiger charge is -2.12. The lowest BCUT2D eigenvalue weighted by molar-refractivity contribution is 0.411. The van der Waals surface area contributed by atoms with Crippen molar-refractivity contribution < 1.29 is 13.5 Å². The van der Waals surface area contributed by atoms with Crippen LogP contribution in [0, 0.1) is 11.6 Å². The fraction of sp³-hybridized carbons (Fsp3) is 0.0526. The summed E-state index contributed by atoms with van der Waals surface area (Å²) in [6.45, 7) is 0. The molecule has 0 radical (unpaired) electrons. The normalized spacial score (nSPS) is 10.5. The van der Waals surface area contributed by atoms with Gasteiger partial charge in [-0.2, -0.15) is 0 Å². The van der Waals surface area contributed by atoms with Crippen LogP contribution in [0.5, 0.6) is 5.75 Å². The Morgan fingerprint density at radius 3 is 2.14 bits per heavy atom. The number of rotatable bonds is 3. The van der Waals surface area contributed by atoms with Gasteiger partial charge in [-0.15, -0.1) is 0 Å². The lowest BCUT2D eigenvalue weighted by Crippen LogP contribution is -1.92. The molecule has 3 aromatic rings. The van der Waals surface area contributed by atoms with E-state index in [1.54, 1.807) is 18.2 Å². The molecule has 1 nitrogen and oxygen atoms in total. The second-order valence-corrected chi connectivity index (χ2v) is 4.90. The number of hydrogen-bond donors (Lipinski definition) is 0. The number of hydrogen-bond acceptors (Lipinski definition) is 1. The van der Waals surface area contributed by atoms with Gasteiger partial charge in [-0.3, -0.25) is 0 Å². The van der Waals surface area contributed by atoms with E-state index >= 15 is 0 Å². The van der Waals surface area contributed by atoms with Crippen molar-refractivity contribution in [1.29, 1.82) is 0 Å². The van der Waals surface area contributed by atoms with Gasteiger partial charge in [-0.25, -0.2) is 8.78 Å². The molecule has 3 aromatic carbocycles. The van der Waals surface area contributed by atoms with E-state index in [2.05, 4.69) is 0 Å². The summed E-state index contributed by atoms with van der Waals surface area (Å²) in [7, 11) is 1.48. The minimum atomic E-state index is -0.442. The van der Waals surface area contributed by atoms with Crippen molar-refractivity contribution in [3.63, 3.8) is 0 Å². The third-order valence-electron chi connectivity index (χ3n) is 3.53. The molecule has 3 rings (SSSR count). The van der Waals surface area contributed by atoms with Crippen LogP contribution in [0.25, 0.3) is 22.3 Å². The van der Waals surface area contributed by atoms with E-state index < -0.39 is 11.6 Å². The first-order valence-corrected chi connectivity index (χ1v) is 6.88. The standard InChI is InChI=1S/C19H14F2O/c1-22-15-8-10-17(19(21)12-15)18-11-14(20)7-9-16(18)13-5-3-2-4-6-13/h2-12H,1H3. The Bertz CT molecular complexity index is 798. The molecule has 3 heteroatoms. The van der Waals surface area contributed by atoms with E-state index in [4.69, 9.17) is 4.74 Å². The van der Waals surface area contributed by atoms with Gasteiger partial charge >= 0.3 is 0 Å². The summed E-state index contributed by atoms with van der Waals surface area (Å²) in [6.07, 6.45) is 0. The summed E-state index contributed by atoms with van der Waals surface area (Å²) >= 11 is 0. The van der Waals surface area contributed by atoms with Crippen LogP contribution in [0.15, 0.2) is 66.7 Å². The Hall–Kier alpha value is -2.68. The van der Waals surface area contributed by atoms with Crippen molar-refractivity contribution in [2.24, 2.45) is 0 Å². The summed E-state index contributed by atoms with van der Waals surface area (Å²) in [5.74, 6) is -0.411. The zero-order chi connectivity index (χ0) is 15.5. The van der Waals surface area contributed by atoms with E-state index in [0.29, 0.717) is 16.9 Å². The van der Waals surface area contributed by atoms with Gasteiger partial charge in [0, 0.05) is 11.6 Å². The van der Waals surface area contributed by atoms with E-state index in [9.17, 15) is 8.78 Å². The fourth-order valence-electron chi connectivity index (χ4n) is 2.45. The molecule has 0 aromatic heterocycles. The summed E-state index contributed by atoms with van der Waals surface area (Å²) in [5, 5.41) is 0. The average Bonchev–Trinajstić information content (AvgIpc) is 2.55. The molecule has 0 aliphatic rings. The van der Waals surface area contributed by atoms with Crippen LogP contribution in [0.3, 0.4) is 0 Å². The number of methoxy groups -OCH3 is 1. The predicted octanol–water partition coefficient (Wildman–Crippen LogP) is 5.31. The van der Waals surface area contributed by atoms with Crippen LogP contribution >= 0.6 is 0 Å². The maximum atomic E-state index is 14.3. The maximum Gasteiger partial charge on any atom is 0.134 e. The highest BCUT2D eigenvalue weighted by Gasteiger charge is 2.13. The minimum Gasteiger partial charge on any atom is -0.497 e. The molecule has 0 spiro atoms. The van der Waals surface area contributed by atoms with Crippen molar-refractivity contribution in [3.8, 4) is 28.0 Å². The SMILES string of the molecule is COc1ccc(-c2cc(F)ccc2-c2ccccc2)c(F)c1. The second kappa shape index (κ2) is 5.98. The molecule has 0 aliphatic carbocycles. The molecular formula is C19H14F2O. The van der Waals surface area contributed by atoms with Crippen LogP contribution in [-0.4, -0.2) is 7.11 Å². The fourth-order valence-corrected chi connectivity index (χ4v) is 2.45. The zero-order valence-corrected chi connectivity index (χ0v) is 12.0. The minimum absolute atomic E-state index is 0.346. The molecule has 0 saturated heterocycles. The Morgan fingerprint density at radius 1 is 0.727 bits per heavy atom. The Balaban J connectivity index is 2.20. The molecule has 0 bridgehead atoms. The monoisotopic (exact) mass is 296 g/mol. The largest absolute Gasteiger partial charge is 0.497 e. The van der Waals surface area contributed by atoms with Crippen molar-refractivity contribution in [2.75, 3.05) is 7.11 Å². The smallest absolute Gasteiger partial charge is 0.134 e. The first-order valence-electron chi connectivity index (χ1n) is 6.88. The molecule has 0 unspecified atom stereocenters. The van der Waals surface area contributed by atoms with E-state index in [1.165, 1.54) is 25.3 Å². The molecule has 0 heterocycles. The first-order chi connectivity index (χ1) is 10.7. The topological polar surface area (TPSA) is 9.23 Å². The Kier molecular flexibility index (Phi) is 3.88. The molecule has 0 N–H and O–H groups in total. The number of ether oxygens (including phenoxy) is 1. The van der Waals surface area contributed by atoms with Gasteiger partial charge in [0.05, 0.1) is 7.11 Å². The number of benzene rings is 3. The highest BCUT2D eigenvalue weighted by atomic mass is 19.1. The van der Waals surface area contributed by atoms with Crippen LogP contribution in [-0.2, 0) is 0 Å². The van der Waals surface area contributed by atoms with Crippen molar-refractivity contribution in [1.82, 2.24) is 0 Å². The molecule has 110 valence electrons. The van der Waals surface area contributed by atoms with Gasteiger partial charge < -0.3 is 4.74 Å². The summed E-state index contributed by atoms with van der Waals surface area (Å²) in [6, 6.07) is 18.5. The molecule has 0 amide bonds. The van der Waals surface area contributed by atoms with Crippen LogP contribution in [0.2, 0.25) is 0 Å². The van der Waals surface area contributed by atoms with Gasteiger partial charge in [0.2, 0.25) is 0 Å². The molecule has 0 saturated carbocycles. The molecular weight excluding hydrogens is 282 g/mol. The van der Waals surface area contributed by atoms with Crippen LogP contribution < -0.4 is 4.74 Å². The highest BCUT2D eigenvalue weighted by Crippen LogP contribution is 2.35. The quantitative estimate of drug-likeness (QED) is 0.636. The van der Waals surface area contributed by atoms with Crippen LogP contribution in [0.4, 0.5) is 8.78 Å². The third kappa shape index (κ3) is 2.70. The second-order valence-electron chi connectivity index (χ2n) is 4.90. The van der Waals surface area contributed by atoms with Gasteiger partial charge in [-0.1, -0.05) is 36.4 Å². The summed E-state index contributed by atoms with van der Waals surface area (Å²) < 4.78 is 33.0. The van der Waals surface area contributed by atoms with Crippen molar-refractivity contribution in [2.45, 2.75) is 0 Å². The van der Waals surface area contributed by atoms with Crippen LogP contribution in [0.1, 0.15) is 0 Å². The molecule has 0 atom stereocenters. The number of halogens is 2. The third-order valence-corrected chi connectivity index (χ3v) is 3.53. The summed E-state index contributed by atoms with van der Waals surface area (Å²) in [4.78, 5) is 0. The van der Waals surface area contributed by atoms with Gasteiger partial charge in [0.1, 0.15) is 17.4 Å². The average molecular weight is 296 g/mol. The Morgan fingerprint density at radius 2 is 1.45 bits per heavy atom. The highest BCUT2D eigenvalue weighted by molar-refractivity contribution is 5.83. The van der Waals surface area contributed by atoms with Crippen molar-refractivity contribution in [3.05, 3.63) is 78.4 Å². The molecule has 0 aliphatic heterocycles. The van der Waals surface area contributed by atoms with E-state index in [0.717, 1.165) is 11.1 Å². The van der Waals surface area contributed by atoms with Gasteiger partial charge in [0.25, 0.3) is 0 Å². The van der Waals surface area contributed by atoms with E-state index in [-0.39, 0.29) is 0 Å². The summed E-state index contributed by atoms with van der Waals surface area (Å²) in [5.41, 5.74) is 2.56. The van der Waals surface area contributed by atoms with Gasteiger partial charge in [-0.05, 0) is 41.0 Å². The van der Waals surface area contributed by atoms with Gasteiger partial charge in [0.15, 0.2) is 0 Å². The Labute approximate surface area is 127 Å². The zero-order valence-electron chi connectivity index (χ0n) is 12.0.